The van der Waals surface area contributed by atoms with Crippen LogP contribution in [0.25, 0.3) is 5.69 Å². The number of nitrogens with zero attached hydrogens (tertiary/aromatic N) is 6. The van der Waals surface area contributed by atoms with Crippen molar-refractivity contribution in [3.05, 3.63) is 66.0 Å². The molecule has 10 heteroatoms. The zero-order valence-corrected chi connectivity index (χ0v) is 20.1. The van der Waals surface area contributed by atoms with Gasteiger partial charge in [-0.25, -0.2) is 0 Å². The number of benzene rings is 2. The number of rotatable bonds is 8. The monoisotopic (exact) mass is 479 g/mol. The number of hydrogen-bond donors (Lipinski definition) is 1. The topological polar surface area (TPSA) is 96.2 Å². The average molecular weight is 480 g/mol. The number of para-hydroxylation sites is 1. The first-order valence-electron chi connectivity index (χ1n) is 11.5. The molecule has 1 fully saturated rings. The van der Waals surface area contributed by atoms with E-state index in [1.54, 1.807) is 16.4 Å². The Bertz CT molecular complexity index is 1110. The van der Waals surface area contributed by atoms with Gasteiger partial charge in [-0.1, -0.05) is 30.3 Å². The molecule has 0 aliphatic carbocycles. The minimum atomic E-state index is 0.0191. The lowest BCUT2D eigenvalue weighted by molar-refractivity contribution is -0.122. The van der Waals surface area contributed by atoms with Crippen LogP contribution in [-0.2, 0) is 10.5 Å². The molecular weight excluding hydrogens is 450 g/mol. The summed E-state index contributed by atoms with van der Waals surface area (Å²) in [5, 5.41) is 15.0. The Hall–Kier alpha value is -3.24. The summed E-state index contributed by atoms with van der Waals surface area (Å²) in [7, 11) is 0. The van der Waals surface area contributed by atoms with Crippen molar-refractivity contribution in [3.63, 3.8) is 0 Å². The molecule has 2 heterocycles. The lowest BCUT2D eigenvalue weighted by Gasteiger charge is -2.22. The van der Waals surface area contributed by atoms with E-state index in [0.717, 1.165) is 23.5 Å². The van der Waals surface area contributed by atoms with Crippen molar-refractivity contribution in [2.24, 2.45) is 0 Å². The molecule has 1 aliphatic heterocycles. The van der Waals surface area contributed by atoms with Crippen LogP contribution in [0.15, 0.2) is 59.5 Å². The standard InChI is InChI=1S/C24H29N7O2S/c1-2-25-23(32)17-29-13-8-14-30(16-15-29)24(33)20-11-6-7-12-21(20)34-18-22-26-27-28-31(22)19-9-4-3-5-10-19/h3-7,9-12H,2,8,13-18H2,1H3,(H,25,32). The third kappa shape index (κ3) is 6.00. The van der Waals surface area contributed by atoms with E-state index in [1.807, 2.05) is 66.4 Å². The van der Waals surface area contributed by atoms with E-state index in [4.69, 9.17) is 0 Å². The van der Waals surface area contributed by atoms with E-state index in [-0.39, 0.29) is 11.8 Å². The van der Waals surface area contributed by atoms with E-state index in [1.165, 1.54) is 0 Å². The molecule has 2 aromatic carbocycles. The molecule has 9 nitrogen and oxygen atoms in total. The molecule has 1 N–H and O–H groups in total. The molecule has 1 saturated heterocycles. The van der Waals surface area contributed by atoms with Gasteiger partial charge in [0.15, 0.2) is 5.82 Å². The van der Waals surface area contributed by atoms with Crippen molar-refractivity contribution in [3.8, 4) is 5.69 Å². The minimum absolute atomic E-state index is 0.0191. The predicted octanol–water partition coefficient (Wildman–Crippen LogP) is 2.24. The number of aromatic nitrogens is 4. The van der Waals surface area contributed by atoms with Gasteiger partial charge in [0.1, 0.15) is 0 Å². The van der Waals surface area contributed by atoms with Crippen LogP contribution >= 0.6 is 11.8 Å². The second kappa shape index (κ2) is 11.8. The van der Waals surface area contributed by atoms with Gasteiger partial charge in [0.25, 0.3) is 5.91 Å². The van der Waals surface area contributed by atoms with Crippen molar-refractivity contribution < 1.29 is 9.59 Å². The first kappa shape index (κ1) is 23.9. The Morgan fingerprint density at radius 1 is 1.00 bits per heavy atom. The van der Waals surface area contributed by atoms with E-state index < -0.39 is 0 Å². The van der Waals surface area contributed by atoms with Gasteiger partial charge in [0.2, 0.25) is 5.91 Å². The van der Waals surface area contributed by atoms with Crippen LogP contribution in [0.2, 0.25) is 0 Å². The molecule has 0 spiro atoms. The van der Waals surface area contributed by atoms with E-state index in [2.05, 4.69) is 25.7 Å². The quantitative estimate of drug-likeness (QED) is 0.495. The summed E-state index contributed by atoms with van der Waals surface area (Å²) in [5.74, 6) is 1.30. The summed E-state index contributed by atoms with van der Waals surface area (Å²) in [6.45, 7) is 5.68. The molecule has 2 amide bonds. The number of nitrogens with one attached hydrogen (secondary N) is 1. The fraction of sp³-hybridized carbons (Fsp3) is 0.375. The number of amides is 2. The largest absolute Gasteiger partial charge is 0.355 e. The number of carbonyl (C=O) groups excluding carboxylic acids is 2. The molecule has 1 aromatic heterocycles. The number of likely N-dealkylation sites (N-methyl/N-ethyl adjacent to an activating group) is 1. The van der Waals surface area contributed by atoms with Crippen molar-refractivity contribution in [1.29, 1.82) is 0 Å². The third-order valence-corrected chi connectivity index (χ3v) is 6.70. The van der Waals surface area contributed by atoms with Gasteiger partial charge in [0.05, 0.1) is 23.5 Å². The Balaban J connectivity index is 1.41. The van der Waals surface area contributed by atoms with Gasteiger partial charge >= 0.3 is 0 Å². The van der Waals surface area contributed by atoms with Crippen LogP contribution in [0.4, 0.5) is 0 Å². The summed E-state index contributed by atoms with van der Waals surface area (Å²) in [6, 6.07) is 17.4. The summed E-state index contributed by atoms with van der Waals surface area (Å²) < 4.78 is 1.72. The van der Waals surface area contributed by atoms with Gasteiger partial charge < -0.3 is 10.2 Å². The van der Waals surface area contributed by atoms with Gasteiger partial charge in [-0.15, -0.1) is 16.9 Å². The zero-order valence-electron chi connectivity index (χ0n) is 19.3. The minimum Gasteiger partial charge on any atom is -0.355 e. The van der Waals surface area contributed by atoms with Gasteiger partial charge in [0, 0.05) is 37.6 Å². The van der Waals surface area contributed by atoms with Crippen LogP contribution in [0, 0.1) is 0 Å². The SMILES string of the molecule is CCNC(=O)CN1CCCN(C(=O)c2ccccc2SCc2nnnn2-c2ccccc2)CC1. The molecule has 0 radical (unpaired) electrons. The Morgan fingerprint density at radius 2 is 1.79 bits per heavy atom. The predicted molar refractivity (Wildman–Crippen MR) is 131 cm³/mol. The van der Waals surface area contributed by atoms with Crippen molar-refractivity contribution in [1.82, 2.24) is 35.3 Å². The molecule has 34 heavy (non-hydrogen) atoms. The van der Waals surface area contributed by atoms with Crippen molar-refractivity contribution in [2.75, 3.05) is 39.3 Å². The number of carbonyl (C=O) groups is 2. The van der Waals surface area contributed by atoms with E-state index in [0.29, 0.717) is 49.9 Å². The van der Waals surface area contributed by atoms with Crippen molar-refractivity contribution in [2.45, 2.75) is 24.0 Å². The maximum absolute atomic E-state index is 13.4. The van der Waals surface area contributed by atoms with Crippen LogP contribution in [0.5, 0.6) is 0 Å². The molecule has 1 aliphatic rings. The smallest absolute Gasteiger partial charge is 0.255 e. The fourth-order valence-corrected chi connectivity index (χ4v) is 4.89. The number of thioether (sulfide) groups is 1. The van der Waals surface area contributed by atoms with Crippen LogP contribution < -0.4 is 5.32 Å². The highest BCUT2D eigenvalue weighted by atomic mass is 32.2. The highest BCUT2D eigenvalue weighted by molar-refractivity contribution is 7.98. The number of tetrazole rings is 1. The molecule has 0 atom stereocenters. The Morgan fingerprint density at radius 3 is 2.62 bits per heavy atom. The van der Waals surface area contributed by atoms with E-state index in [9.17, 15) is 9.59 Å². The molecule has 0 unspecified atom stereocenters. The normalized spacial score (nSPS) is 14.6. The summed E-state index contributed by atoms with van der Waals surface area (Å²) >= 11 is 1.55. The maximum atomic E-state index is 13.4. The second-order valence-electron chi connectivity index (χ2n) is 8.00. The average Bonchev–Trinajstić information content (AvgIpc) is 3.21. The first-order valence-corrected chi connectivity index (χ1v) is 12.5. The van der Waals surface area contributed by atoms with Crippen LogP contribution in [0.1, 0.15) is 29.5 Å². The molecule has 0 saturated carbocycles. The van der Waals surface area contributed by atoms with Crippen molar-refractivity contribution >= 4 is 23.6 Å². The molecule has 0 bridgehead atoms. The van der Waals surface area contributed by atoms with Crippen LogP contribution in [0.3, 0.4) is 0 Å². The highest BCUT2D eigenvalue weighted by Gasteiger charge is 2.23. The summed E-state index contributed by atoms with van der Waals surface area (Å²) in [4.78, 5) is 30.3. The molecule has 178 valence electrons. The summed E-state index contributed by atoms with van der Waals surface area (Å²) in [6.07, 6.45) is 0.840. The Labute approximate surface area is 203 Å². The first-order chi connectivity index (χ1) is 16.7. The molecule has 3 aromatic rings. The maximum Gasteiger partial charge on any atom is 0.255 e. The molecular formula is C24H29N7O2S. The van der Waals surface area contributed by atoms with Gasteiger partial charge in [-0.05, 0) is 48.0 Å². The van der Waals surface area contributed by atoms with Gasteiger partial charge in [-0.3, -0.25) is 14.5 Å². The number of hydrogen-bond acceptors (Lipinski definition) is 7. The molecule has 4 rings (SSSR count). The van der Waals surface area contributed by atoms with Crippen LogP contribution in [-0.4, -0.2) is 81.1 Å². The second-order valence-corrected chi connectivity index (χ2v) is 9.02. The lowest BCUT2D eigenvalue weighted by Crippen LogP contribution is -2.40. The third-order valence-electron chi connectivity index (χ3n) is 5.63. The highest BCUT2D eigenvalue weighted by Crippen LogP contribution is 2.27. The zero-order chi connectivity index (χ0) is 23.8. The van der Waals surface area contributed by atoms with E-state index >= 15 is 0 Å². The summed E-state index contributed by atoms with van der Waals surface area (Å²) in [5.41, 5.74) is 1.58. The van der Waals surface area contributed by atoms with Gasteiger partial charge in [-0.2, -0.15) is 4.68 Å². The Kier molecular flexibility index (Phi) is 8.26. The fourth-order valence-electron chi connectivity index (χ4n) is 3.94. The lowest BCUT2D eigenvalue weighted by atomic mass is 10.2.